The number of amides is 2. The first-order valence-electron chi connectivity index (χ1n) is 9.96. The van der Waals surface area contributed by atoms with Crippen molar-refractivity contribution in [2.45, 2.75) is 33.2 Å². The summed E-state index contributed by atoms with van der Waals surface area (Å²) >= 11 is 0. The zero-order valence-electron chi connectivity index (χ0n) is 17.4. The monoisotopic (exact) mass is 410 g/mol. The second kappa shape index (κ2) is 9.43. The molecule has 7 heteroatoms. The van der Waals surface area contributed by atoms with Gasteiger partial charge in [-0.3, -0.25) is 9.59 Å². The number of hydrogen-bond acceptors (Lipinski definition) is 5. The second-order valence-corrected chi connectivity index (χ2v) is 7.69. The highest BCUT2D eigenvalue weighted by Gasteiger charge is 2.30. The Morgan fingerprint density at radius 1 is 1.13 bits per heavy atom. The Bertz CT molecular complexity index is 923. The number of para-hydroxylation sites is 2. The predicted octanol–water partition coefficient (Wildman–Crippen LogP) is 3.64. The number of rotatable bonds is 6. The third-order valence-electron chi connectivity index (χ3n) is 4.63. The molecule has 2 aromatic carbocycles. The summed E-state index contributed by atoms with van der Waals surface area (Å²) < 4.78 is 10.8. The van der Waals surface area contributed by atoms with Crippen LogP contribution in [0.25, 0.3) is 0 Å². The molecule has 0 saturated heterocycles. The molecule has 0 spiro atoms. The molecule has 1 N–H and O–H groups in total. The van der Waals surface area contributed by atoms with E-state index >= 15 is 0 Å². The predicted molar refractivity (Wildman–Crippen MR) is 114 cm³/mol. The summed E-state index contributed by atoms with van der Waals surface area (Å²) in [4.78, 5) is 38.8. The molecule has 158 valence electrons. The molecule has 0 fully saturated rings. The van der Waals surface area contributed by atoms with E-state index in [2.05, 4.69) is 19.2 Å². The number of carbonyl (C=O) groups is 3. The molecule has 0 bridgehead atoms. The van der Waals surface area contributed by atoms with Gasteiger partial charge in [0.1, 0.15) is 5.75 Å². The number of nitrogens with zero attached hydrogens (tertiary/aromatic N) is 1. The van der Waals surface area contributed by atoms with Crippen LogP contribution < -0.4 is 15.0 Å². The third kappa shape index (κ3) is 5.17. The fourth-order valence-corrected chi connectivity index (χ4v) is 3.20. The molecule has 1 heterocycles. The largest absolute Gasteiger partial charge is 0.493 e. The summed E-state index contributed by atoms with van der Waals surface area (Å²) in [6.07, 6.45) is 0.159. The summed E-state index contributed by atoms with van der Waals surface area (Å²) in [6.45, 7) is 6.07. The molecule has 30 heavy (non-hydrogen) atoms. The Morgan fingerprint density at radius 3 is 2.53 bits per heavy atom. The van der Waals surface area contributed by atoms with Crippen LogP contribution in [0.5, 0.6) is 5.75 Å². The van der Waals surface area contributed by atoms with E-state index in [0.717, 1.165) is 0 Å². The van der Waals surface area contributed by atoms with Crippen LogP contribution in [-0.2, 0) is 14.3 Å². The molecule has 0 saturated carbocycles. The van der Waals surface area contributed by atoms with Crippen molar-refractivity contribution in [1.29, 1.82) is 0 Å². The lowest BCUT2D eigenvalue weighted by molar-refractivity contribution is -0.122. The highest BCUT2D eigenvalue weighted by molar-refractivity contribution is 6.05. The maximum absolute atomic E-state index is 12.9. The van der Waals surface area contributed by atoms with Gasteiger partial charge < -0.3 is 19.7 Å². The van der Waals surface area contributed by atoms with Crippen molar-refractivity contribution in [3.05, 3.63) is 54.1 Å². The van der Waals surface area contributed by atoms with Gasteiger partial charge in [-0.1, -0.05) is 26.0 Å². The highest BCUT2D eigenvalue weighted by atomic mass is 16.5. The number of benzene rings is 2. The molecule has 1 unspecified atom stereocenters. The van der Waals surface area contributed by atoms with E-state index in [9.17, 15) is 14.4 Å². The lowest BCUT2D eigenvalue weighted by Gasteiger charge is -2.27. The van der Waals surface area contributed by atoms with Gasteiger partial charge in [0.05, 0.1) is 23.5 Å². The minimum Gasteiger partial charge on any atom is -0.493 e. The molecule has 1 aliphatic rings. The van der Waals surface area contributed by atoms with E-state index in [1.165, 1.54) is 4.90 Å². The molecule has 1 aliphatic heterocycles. The van der Waals surface area contributed by atoms with Crippen molar-refractivity contribution in [3.8, 4) is 5.75 Å². The van der Waals surface area contributed by atoms with Gasteiger partial charge >= 0.3 is 5.97 Å². The third-order valence-corrected chi connectivity index (χ3v) is 4.63. The van der Waals surface area contributed by atoms with Crippen LogP contribution in [0.2, 0.25) is 0 Å². The number of fused-ring (bicyclic) bond motifs is 1. The van der Waals surface area contributed by atoms with E-state index in [1.807, 2.05) is 0 Å². The van der Waals surface area contributed by atoms with Gasteiger partial charge in [-0.2, -0.15) is 0 Å². The van der Waals surface area contributed by atoms with Crippen LogP contribution in [0, 0.1) is 5.92 Å². The molecule has 2 aromatic rings. The summed E-state index contributed by atoms with van der Waals surface area (Å²) in [7, 11) is 0. The fraction of sp³-hybridized carbons (Fsp3) is 0.348. The molecular formula is C23H26N2O5. The molecule has 1 atom stereocenters. The molecule has 2 amide bonds. The number of esters is 1. The second-order valence-electron chi connectivity index (χ2n) is 7.69. The van der Waals surface area contributed by atoms with E-state index in [4.69, 9.17) is 9.47 Å². The lowest BCUT2D eigenvalue weighted by atomic mass is 10.1. The average Bonchev–Trinajstić information content (AvgIpc) is 2.84. The van der Waals surface area contributed by atoms with Crippen LogP contribution in [0.4, 0.5) is 11.4 Å². The van der Waals surface area contributed by atoms with E-state index in [1.54, 1.807) is 55.5 Å². The molecule has 0 radical (unpaired) electrons. The number of ether oxygens (including phenoxy) is 2. The average molecular weight is 410 g/mol. The topological polar surface area (TPSA) is 84.9 Å². The Hall–Kier alpha value is -3.35. The van der Waals surface area contributed by atoms with E-state index in [0.29, 0.717) is 35.2 Å². The first-order valence-corrected chi connectivity index (χ1v) is 9.96. The lowest BCUT2D eigenvalue weighted by Crippen LogP contribution is -2.41. The maximum atomic E-state index is 12.9. The van der Waals surface area contributed by atoms with E-state index in [-0.39, 0.29) is 18.4 Å². The molecule has 3 rings (SSSR count). The highest BCUT2D eigenvalue weighted by Crippen LogP contribution is 2.31. The number of anilines is 2. The van der Waals surface area contributed by atoms with Crippen LogP contribution in [0.3, 0.4) is 0 Å². The summed E-state index contributed by atoms with van der Waals surface area (Å²) in [5, 5.41) is 2.80. The Balaban J connectivity index is 1.65. The molecular weight excluding hydrogens is 384 g/mol. The van der Waals surface area contributed by atoms with Crippen molar-refractivity contribution in [2.75, 3.05) is 23.4 Å². The van der Waals surface area contributed by atoms with Crippen molar-refractivity contribution in [3.63, 3.8) is 0 Å². The maximum Gasteiger partial charge on any atom is 0.338 e. The van der Waals surface area contributed by atoms with Crippen molar-refractivity contribution in [1.82, 2.24) is 0 Å². The zero-order valence-corrected chi connectivity index (χ0v) is 17.4. The van der Waals surface area contributed by atoms with Crippen molar-refractivity contribution >= 4 is 29.2 Å². The fourth-order valence-electron chi connectivity index (χ4n) is 3.20. The van der Waals surface area contributed by atoms with Crippen LogP contribution in [-0.4, -0.2) is 37.0 Å². The zero-order chi connectivity index (χ0) is 21.7. The molecule has 0 aromatic heterocycles. The first kappa shape index (κ1) is 21.4. The molecule has 7 nitrogen and oxygen atoms in total. The number of hydrogen-bond donors (Lipinski definition) is 1. The Kier molecular flexibility index (Phi) is 6.72. The standard InChI is InChI=1S/C23H26N2O5/c1-15(2)13-29-18-10-8-17(9-11-18)23(28)30-14-22(27)25-16(3)12-21(26)24-19-6-4-5-7-20(19)25/h4-11,15-16H,12-14H2,1-3H3,(H,24,26). The number of nitrogens with one attached hydrogen (secondary N) is 1. The summed E-state index contributed by atoms with van der Waals surface area (Å²) in [5.41, 5.74) is 1.48. The Morgan fingerprint density at radius 2 is 1.83 bits per heavy atom. The minimum atomic E-state index is -0.594. The van der Waals surface area contributed by atoms with Gasteiger partial charge in [-0.25, -0.2) is 4.79 Å². The van der Waals surface area contributed by atoms with Crippen molar-refractivity contribution in [2.24, 2.45) is 5.92 Å². The normalized spacial score (nSPS) is 15.8. The first-order chi connectivity index (χ1) is 14.3. The minimum absolute atomic E-state index is 0.159. The molecule has 0 aliphatic carbocycles. The van der Waals surface area contributed by atoms with Gasteiger partial charge in [0.25, 0.3) is 5.91 Å². The summed E-state index contributed by atoms with van der Waals surface area (Å²) in [6, 6.07) is 13.3. The summed E-state index contributed by atoms with van der Waals surface area (Å²) in [5.74, 6) is -0.0800. The number of carbonyl (C=O) groups excluding carboxylic acids is 3. The smallest absolute Gasteiger partial charge is 0.338 e. The van der Waals surface area contributed by atoms with Crippen molar-refractivity contribution < 1.29 is 23.9 Å². The van der Waals surface area contributed by atoms with Gasteiger partial charge in [-0.15, -0.1) is 0 Å². The van der Waals surface area contributed by atoms with Crippen LogP contribution in [0.1, 0.15) is 37.6 Å². The van der Waals surface area contributed by atoms with E-state index < -0.39 is 18.5 Å². The quantitative estimate of drug-likeness (QED) is 0.735. The van der Waals surface area contributed by atoms with Gasteiger partial charge in [0.15, 0.2) is 6.61 Å². The Labute approximate surface area is 176 Å². The van der Waals surface area contributed by atoms with Gasteiger partial charge in [-0.05, 0) is 49.2 Å². The van der Waals surface area contributed by atoms with Gasteiger partial charge in [0, 0.05) is 12.5 Å². The van der Waals surface area contributed by atoms with Crippen LogP contribution >= 0.6 is 0 Å². The van der Waals surface area contributed by atoms with Gasteiger partial charge in [0.2, 0.25) is 5.91 Å². The van der Waals surface area contributed by atoms with Crippen LogP contribution in [0.15, 0.2) is 48.5 Å². The SMILES string of the molecule is CC(C)COc1ccc(C(=O)OCC(=O)N2c3ccccc3NC(=O)CC2C)cc1.